The number of hydrogen-bond acceptors (Lipinski definition) is 6. The van der Waals surface area contributed by atoms with Gasteiger partial charge in [0.05, 0.1) is 5.60 Å². The van der Waals surface area contributed by atoms with Crippen LogP contribution >= 0.6 is 0 Å². The Morgan fingerprint density at radius 3 is 2.62 bits per heavy atom. The van der Waals surface area contributed by atoms with Crippen molar-refractivity contribution in [3.05, 3.63) is 98.5 Å². The Hall–Kier alpha value is -3.95. The summed E-state index contributed by atoms with van der Waals surface area (Å²) in [5.41, 5.74) is 7.45. The van der Waals surface area contributed by atoms with Crippen molar-refractivity contribution in [1.82, 2.24) is 15.2 Å². The van der Waals surface area contributed by atoms with Crippen LogP contribution in [-0.2, 0) is 35.9 Å². The van der Waals surface area contributed by atoms with Gasteiger partial charge in [0.2, 0.25) is 5.91 Å². The zero-order valence-corrected chi connectivity index (χ0v) is 23.4. The van der Waals surface area contributed by atoms with Crippen molar-refractivity contribution in [3.8, 4) is 5.75 Å². The van der Waals surface area contributed by atoms with Crippen LogP contribution in [0, 0.1) is 5.92 Å². The molecule has 6 N–H and O–H groups in total. The first kappa shape index (κ1) is 26.9. The summed E-state index contributed by atoms with van der Waals surface area (Å²) in [6.45, 7) is 1.80. The van der Waals surface area contributed by atoms with Gasteiger partial charge in [0.15, 0.2) is 0 Å². The number of nitrogens with two attached hydrogens (primary N) is 1. The number of hydrogen-bond donors (Lipinski definition) is 5. The van der Waals surface area contributed by atoms with Gasteiger partial charge in [-0.25, -0.2) is 0 Å². The van der Waals surface area contributed by atoms with Crippen LogP contribution < -0.4 is 16.6 Å². The minimum atomic E-state index is -1.15. The molecule has 4 atom stereocenters. The highest BCUT2D eigenvalue weighted by molar-refractivity contribution is 5.97. The molecule has 2 aromatic carbocycles. The Balaban J connectivity index is 1.24. The van der Waals surface area contributed by atoms with Crippen molar-refractivity contribution in [2.75, 3.05) is 13.1 Å². The maximum absolute atomic E-state index is 13.4. The quantitative estimate of drug-likeness (QED) is 0.293. The molecule has 3 aliphatic carbocycles. The Morgan fingerprint density at radius 1 is 1.10 bits per heavy atom. The molecule has 2 amide bonds. The molecule has 3 aromatic rings. The van der Waals surface area contributed by atoms with Gasteiger partial charge < -0.3 is 26.2 Å². The second kappa shape index (κ2) is 9.81. The van der Waals surface area contributed by atoms with Crippen LogP contribution in [0.3, 0.4) is 0 Å². The molecule has 2 heterocycles. The third-order valence-corrected chi connectivity index (χ3v) is 10.2. The number of piperidine rings is 1. The number of amides is 2. The van der Waals surface area contributed by atoms with Gasteiger partial charge >= 0.3 is 0 Å². The number of carbonyl (C=O) groups is 2. The molecule has 2 bridgehead atoms. The van der Waals surface area contributed by atoms with Crippen molar-refractivity contribution < 1.29 is 19.8 Å². The molecule has 0 spiro atoms. The molecule has 2 fully saturated rings. The first-order valence-electron chi connectivity index (χ1n) is 14.8. The molecule has 4 aliphatic rings. The fourth-order valence-electron chi connectivity index (χ4n) is 7.86. The second-order valence-electron chi connectivity index (χ2n) is 12.7. The van der Waals surface area contributed by atoms with Crippen molar-refractivity contribution in [1.29, 1.82) is 0 Å². The maximum Gasteiger partial charge on any atom is 0.261 e. The molecule has 9 heteroatoms. The van der Waals surface area contributed by atoms with Gasteiger partial charge in [-0.3, -0.25) is 19.3 Å². The first-order chi connectivity index (χ1) is 20.2. The highest BCUT2D eigenvalue weighted by Crippen LogP contribution is 2.57. The number of carbonyl (C=O) groups excluding carboxylic acids is 2. The number of aromatic amines is 1. The molecular formula is C33H36N4O5. The van der Waals surface area contributed by atoms with Gasteiger partial charge in [-0.2, -0.15) is 0 Å². The number of fused-ring (bicyclic) bond motifs is 2. The molecule has 1 saturated heterocycles. The highest BCUT2D eigenvalue weighted by atomic mass is 16.3. The highest BCUT2D eigenvalue weighted by Gasteiger charge is 2.64. The number of phenols is 1. The Kier molecular flexibility index (Phi) is 6.29. The molecule has 42 heavy (non-hydrogen) atoms. The lowest BCUT2D eigenvalue weighted by Gasteiger charge is -2.63. The average molecular weight is 569 g/mol. The van der Waals surface area contributed by atoms with E-state index in [4.69, 9.17) is 5.73 Å². The standard InChI is InChI=1S/C33H36N4O5/c34-29(39)26(12-19-4-2-1-3-5-19)35-30(40)24-13-22-16-33(42)28-14-21-8-9-23(38)15-25(21)32(33,17-27(22)36-31(24)41)10-11-37(28)18-20-6-7-20/h1-5,8-9,13,15,20,26,28,38,42H,6-7,10-12,14,16-18H2,(H2,34,39)(H,35,40)(H,36,41)/t26-,28+,32+,33+/m0/s1. The third kappa shape index (κ3) is 4.34. The van der Waals surface area contributed by atoms with Gasteiger partial charge in [-0.15, -0.1) is 0 Å². The van der Waals surface area contributed by atoms with E-state index >= 15 is 0 Å². The van der Waals surface area contributed by atoms with Crippen molar-refractivity contribution >= 4 is 11.8 Å². The fourth-order valence-corrected chi connectivity index (χ4v) is 7.86. The van der Waals surface area contributed by atoms with Crippen LogP contribution in [-0.4, -0.2) is 62.7 Å². The molecule has 0 unspecified atom stereocenters. The second-order valence-corrected chi connectivity index (χ2v) is 12.7. The van der Waals surface area contributed by atoms with Crippen LogP contribution in [0.5, 0.6) is 5.75 Å². The summed E-state index contributed by atoms with van der Waals surface area (Å²) in [6, 6.07) is 15.2. The normalized spacial score (nSPS) is 26.8. The predicted molar refractivity (Wildman–Crippen MR) is 156 cm³/mol. The van der Waals surface area contributed by atoms with Crippen molar-refractivity contribution in [2.24, 2.45) is 11.7 Å². The molecule has 1 saturated carbocycles. The summed E-state index contributed by atoms with van der Waals surface area (Å²) in [5, 5.41) is 25.9. The van der Waals surface area contributed by atoms with E-state index in [9.17, 15) is 24.6 Å². The summed E-state index contributed by atoms with van der Waals surface area (Å²) in [7, 11) is 0. The number of primary amides is 1. The number of pyridine rings is 1. The summed E-state index contributed by atoms with van der Waals surface area (Å²) >= 11 is 0. The minimum absolute atomic E-state index is 0.110. The number of aromatic hydroxyl groups is 1. The smallest absolute Gasteiger partial charge is 0.261 e. The van der Waals surface area contributed by atoms with Crippen LogP contribution in [0.2, 0.25) is 0 Å². The molecule has 0 radical (unpaired) electrons. The lowest BCUT2D eigenvalue weighted by molar-refractivity contribution is -0.152. The van der Waals surface area contributed by atoms with E-state index in [-0.39, 0.29) is 30.2 Å². The topological polar surface area (TPSA) is 149 Å². The van der Waals surface area contributed by atoms with E-state index in [1.807, 2.05) is 36.4 Å². The number of aliphatic hydroxyl groups is 1. The van der Waals surface area contributed by atoms with E-state index in [1.54, 1.807) is 18.2 Å². The van der Waals surface area contributed by atoms with Crippen molar-refractivity contribution in [3.63, 3.8) is 0 Å². The Bertz CT molecular complexity index is 1630. The Labute approximate surface area is 243 Å². The molecule has 1 aliphatic heterocycles. The zero-order valence-electron chi connectivity index (χ0n) is 23.4. The number of nitrogens with one attached hydrogen (secondary N) is 2. The summed E-state index contributed by atoms with van der Waals surface area (Å²) in [6.07, 6.45) is 4.69. The van der Waals surface area contributed by atoms with E-state index in [0.717, 1.165) is 35.3 Å². The van der Waals surface area contributed by atoms with Gasteiger partial charge in [0, 0.05) is 43.0 Å². The zero-order chi connectivity index (χ0) is 29.2. The largest absolute Gasteiger partial charge is 0.508 e. The fraction of sp³-hybridized carbons (Fsp3) is 0.424. The number of aromatic nitrogens is 1. The number of nitrogens with zero attached hydrogens (tertiary/aromatic N) is 1. The SMILES string of the molecule is NC(=O)[C@H](Cc1ccccc1)NC(=O)c1cc2c([nH]c1=O)C[C@]13CCN(CC4CC4)[C@H](Cc4ccc(O)cc41)[C@]3(O)C2. The lowest BCUT2D eigenvalue weighted by atomic mass is 9.49. The molecule has 1 aromatic heterocycles. The summed E-state index contributed by atoms with van der Waals surface area (Å²) < 4.78 is 0. The van der Waals surface area contributed by atoms with Gasteiger partial charge in [-0.1, -0.05) is 36.4 Å². The number of H-pyrrole nitrogens is 1. The molecule has 7 rings (SSSR count). The average Bonchev–Trinajstić information content (AvgIpc) is 3.78. The number of benzene rings is 2. The number of rotatable bonds is 7. The van der Waals surface area contributed by atoms with Crippen molar-refractivity contribution in [2.45, 2.75) is 68.0 Å². The predicted octanol–water partition coefficient (Wildman–Crippen LogP) is 1.71. The molecule has 218 valence electrons. The summed E-state index contributed by atoms with van der Waals surface area (Å²) in [5.74, 6) is -0.542. The maximum atomic E-state index is 13.4. The van der Waals surface area contributed by atoms with E-state index < -0.39 is 34.4 Å². The molecular weight excluding hydrogens is 532 g/mol. The summed E-state index contributed by atoms with van der Waals surface area (Å²) in [4.78, 5) is 44.2. The first-order valence-corrected chi connectivity index (χ1v) is 14.8. The monoisotopic (exact) mass is 568 g/mol. The lowest BCUT2D eigenvalue weighted by Crippen LogP contribution is -2.74. The number of phenolic OH excluding ortho intramolecular Hbond substituents is 1. The van der Waals surface area contributed by atoms with Crippen LogP contribution in [0.1, 0.15) is 57.6 Å². The van der Waals surface area contributed by atoms with Crippen LogP contribution in [0.4, 0.5) is 0 Å². The minimum Gasteiger partial charge on any atom is -0.508 e. The van der Waals surface area contributed by atoms with Gasteiger partial charge in [-0.05, 0) is 78.6 Å². The van der Waals surface area contributed by atoms with Gasteiger partial charge in [0.25, 0.3) is 11.5 Å². The van der Waals surface area contributed by atoms with Crippen LogP contribution in [0.15, 0.2) is 59.4 Å². The Morgan fingerprint density at radius 2 is 1.88 bits per heavy atom. The van der Waals surface area contributed by atoms with E-state index in [2.05, 4.69) is 15.2 Å². The third-order valence-electron chi connectivity index (χ3n) is 10.2. The number of likely N-dealkylation sites (tertiary alicyclic amines) is 1. The van der Waals surface area contributed by atoms with E-state index in [0.29, 0.717) is 30.9 Å². The van der Waals surface area contributed by atoms with Crippen LogP contribution in [0.25, 0.3) is 0 Å². The van der Waals surface area contributed by atoms with E-state index in [1.165, 1.54) is 12.8 Å². The van der Waals surface area contributed by atoms with Gasteiger partial charge in [0.1, 0.15) is 17.4 Å². The molecule has 9 nitrogen and oxygen atoms in total.